The molecule has 3 heterocycles. The molecule has 1 aromatic heterocycles. The number of tetrazole rings is 1. The number of nitrogens with zero attached hydrogens (tertiary/aromatic N) is 6. The van der Waals surface area contributed by atoms with Gasteiger partial charge in [-0.25, -0.2) is 9.48 Å². The molecule has 2 aliphatic heterocycles. The summed E-state index contributed by atoms with van der Waals surface area (Å²) in [6, 6.07) is 0.844. The van der Waals surface area contributed by atoms with Crippen molar-refractivity contribution in [2.75, 3.05) is 19.6 Å². The fraction of sp³-hybridized carbons (Fsp3) is 0.882. The fourth-order valence-electron chi connectivity index (χ4n) is 4.09. The highest BCUT2D eigenvalue weighted by molar-refractivity contribution is 5.68. The van der Waals surface area contributed by atoms with Gasteiger partial charge >= 0.3 is 6.09 Å². The topological polar surface area (TPSA) is 76.4 Å². The highest BCUT2D eigenvalue weighted by Gasteiger charge is 2.44. The minimum Gasteiger partial charge on any atom is -0.444 e. The smallest absolute Gasteiger partial charge is 0.410 e. The molecule has 1 amide bonds. The number of aromatic nitrogens is 4. The number of carbonyl (C=O) groups excluding carboxylic acids is 1. The van der Waals surface area contributed by atoms with Crippen molar-refractivity contribution in [3.05, 3.63) is 5.82 Å². The van der Waals surface area contributed by atoms with E-state index in [0.717, 1.165) is 44.8 Å². The van der Waals surface area contributed by atoms with Gasteiger partial charge in [-0.15, -0.1) is 5.10 Å². The summed E-state index contributed by atoms with van der Waals surface area (Å²) in [6.07, 6.45) is 4.33. The number of piperidine rings is 1. The van der Waals surface area contributed by atoms with E-state index in [1.165, 1.54) is 12.8 Å². The summed E-state index contributed by atoms with van der Waals surface area (Å²) >= 11 is 0. The highest BCUT2D eigenvalue weighted by Crippen LogP contribution is 2.46. The first-order valence-electron chi connectivity index (χ1n) is 9.42. The largest absolute Gasteiger partial charge is 0.444 e. The van der Waals surface area contributed by atoms with E-state index in [9.17, 15) is 4.79 Å². The molecule has 8 nitrogen and oxygen atoms in total. The van der Waals surface area contributed by atoms with Gasteiger partial charge in [0.05, 0.1) is 12.6 Å². The van der Waals surface area contributed by atoms with Crippen molar-refractivity contribution in [3.8, 4) is 0 Å². The molecule has 138 valence electrons. The van der Waals surface area contributed by atoms with E-state index in [0.29, 0.717) is 18.0 Å². The number of fused-ring (bicyclic) bond motifs is 1. The number of carbonyl (C=O) groups is 1. The van der Waals surface area contributed by atoms with Crippen LogP contribution in [0.15, 0.2) is 0 Å². The number of rotatable bonds is 2. The summed E-state index contributed by atoms with van der Waals surface area (Å²) in [5.41, 5.74) is -0.436. The Hall–Kier alpha value is -1.70. The predicted octanol–water partition coefficient (Wildman–Crippen LogP) is 1.84. The van der Waals surface area contributed by atoms with Crippen molar-refractivity contribution in [2.45, 2.75) is 70.7 Å². The van der Waals surface area contributed by atoms with Crippen LogP contribution in [0, 0.1) is 5.92 Å². The van der Waals surface area contributed by atoms with Gasteiger partial charge in [0, 0.05) is 25.7 Å². The van der Waals surface area contributed by atoms with E-state index in [1.807, 2.05) is 30.4 Å². The van der Waals surface area contributed by atoms with E-state index in [4.69, 9.17) is 4.74 Å². The molecule has 1 saturated heterocycles. The van der Waals surface area contributed by atoms with Gasteiger partial charge < -0.3 is 9.64 Å². The van der Waals surface area contributed by atoms with Gasteiger partial charge in [0.25, 0.3) is 0 Å². The van der Waals surface area contributed by atoms with E-state index in [1.54, 1.807) is 0 Å². The minimum absolute atomic E-state index is 0.188. The fourth-order valence-corrected chi connectivity index (χ4v) is 4.09. The maximum absolute atomic E-state index is 12.3. The van der Waals surface area contributed by atoms with Crippen LogP contribution in [0.4, 0.5) is 4.79 Å². The maximum Gasteiger partial charge on any atom is 0.410 e. The van der Waals surface area contributed by atoms with Gasteiger partial charge in [0.1, 0.15) is 5.60 Å². The molecule has 1 unspecified atom stereocenters. The first-order valence-corrected chi connectivity index (χ1v) is 9.42. The SMILES string of the molecule is CC(C)(C)OC(=O)N1CCC(N2CCn3nnnc3C2C2CC2)CC1. The Labute approximate surface area is 148 Å². The van der Waals surface area contributed by atoms with Crippen molar-refractivity contribution in [1.29, 1.82) is 0 Å². The van der Waals surface area contributed by atoms with Crippen LogP contribution in [0.1, 0.15) is 58.3 Å². The number of hydrogen-bond acceptors (Lipinski definition) is 6. The molecule has 4 rings (SSSR count). The number of amides is 1. The summed E-state index contributed by atoms with van der Waals surface area (Å²) in [5, 5.41) is 12.3. The second kappa shape index (κ2) is 6.23. The van der Waals surface area contributed by atoms with Crippen LogP contribution in [-0.2, 0) is 11.3 Å². The summed E-state index contributed by atoms with van der Waals surface area (Å²) in [7, 11) is 0. The molecular formula is C17H28N6O2. The molecule has 25 heavy (non-hydrogen) atoms. The molecule has 8 heteroatoms. The highest BCUT2D eigenvalue weighted by atomic mass is 16.6. The average Bonchev–Trinajstić information content (AvgIpc) is 3.29. The third kappa shape index (κ3) is 3.49. The minimum atomic E-state index is -0.436. The predicted molar refractivity (Wildman–Crippen MR) is 90.8 cm³/mol. The zero-order chi connectivity index (χ0) is 17.6. The molecular weight excluding hydrogens is 320 g/mol. The average molecular weight is 348 g/mol. The molecule has 1 atom stereocenters. The molecule has 2 fully saturated rings. The molecule has 0 radical (unpaired) electrons. The monoisotopic (exact) mass is 348 g/mol. The van der Waals surface area contributed by atoms with Crippen molar-refractivity contribution in [3.63, 3.8) is 0 Å². The van der Waals surface area contributed by atoms with Crippen LogP contribution in [0.25, 0.3) is 0 Å². The molecule has 1 aromatic rings. The van der Waals surface area contributed by atoms with Crippen molar-refractivity contribution < 1.29 is 9.53 Å². The molecule has 1 saturated carbocycles. The summed E-state index contributed by atoms with van der Waals surface area (Å²) in [5.74, 6) is 1.72. The van der Waals surface area contributed by atoms with Crippen LogP contribution in [0.5, 0.6) is 0 Å². The number of likely N-dealkylation sites (tertiary alicyclic amines) is 1. The summed E-state index contributed by atoms with van der Waals surface area (Å²) < 4.78 is 7.47. The van der Waals surface area contributed by atoms with Crippen LogP contribution in [0.2, 0.25) is 0 Å². The molecule has 0 spiro atoms. The lowest BCUT2D eigenvalue weighted by Gasteiger charge is -2.44. The lowest BCUT2D eigenvalue weighted by atomic mass is 9.98. The molecule has 0 bridgehead atoms. The van der Waals surface area contributed by atoms with E-state index in [2.05, 4.69) is 20.4 Å². The Balaban J connectivity index is 1.40. The standard InChI is InChI=1S/C17H28N6O2/c1-17(2,3)25-16(24)21-8-6-13(7-9-21)22-10-11-23-15(18-19-20-23)14(22)12-4-5-12/h12-14H,4-11H2,1-3H3. The van der Waals surface area contributed by atoms with Crippen molar-refractivity contribution in [2.24, 2.45) is 5.92 Å². The second-order valence-corrected chi connectivity index (χ2v) is 8.48. The first-order chi connectivity index (χ1) is 11.9. The Kier molecular flexibility index (Phi) is 4.17. The van der Waals surface area contributed by atoms with Crippen molar-refractivity contribution in [1.82, 2.24) is 30.0 Å². The Bertz CT molecular complexity index is 627. The summed E-state index contributed by atoms with van der Waals surface area (Å²) in [6.45, 7) is 9.12. The lowest BCUT2D eigenvalue weighted by molar-refractivity contribution is 0.00451. The lowest BCUT2D eigenvalue weighted by Crippen LogP contribution is -2.51. The molecule has 0 N–H and O–H groups in total. The Morgan fingerprint density at radius 3 is 2.44 bits per heavy atom. The van der Waals surface area contributed by atoms with E-state index < -0.39 is 5.60 Å². The van der Waals surface area contributed by atoms with Gasteiger partial charge in [-0.3, -0.25) is 4.90 Å². The first kappa shape index (κ1) is 16.8. The molecule has 0 aromatic carbocycles. The van der Waals surface area contributed by atoms with Crippen LogP contribution in [-0.4, -0.2) is 67.4 Å². The zero-order valence-electron chi connectivity index (χ0n) is 15.4. The Morgan fingerprint density at radius 1 is 1.08 bits per heavy atom. The quantitative estimate of drug-likeness (QED) is 0.812. The third-order valence-electron chi connectivity index (χ3n) is 5.41. The molecule has 3 aliphatic rings. The molecule has 1 aliphatic carbocycles. The zero-order valence-corrected chi connectivity index (χ0v) is 15.4. The Morgan fingerprint density at radius 2 is 1.80 bits per heavy atom. The van der Waals surface area contributed by atoms with E-state index >= 15 is 0 Å². The maximum atomic E-state index is 12.3. The third-order valence-corrected chi connectivity index (χ3v) is 5.41. The van der Waals surface area contributed by atoms with Crippen LogP contribution < -0.4 is 0 Å². The van der Waals surface area contributed by atoms with Gasteiger partial charge in [0.15, 0.2) is 5.82 Å². The van der Waals surface area contributed by atoms with Crippen molar-refractivity contribution >= 4 is 6.09 Å². The summed E-state index contributed by atoms with van der Waals surface area (Å²) in [4.78, 5) is 16.7. The van der Waals surface area contributed by atoms with E-state index in [-0.39, 0.29) is 6.09 Å². The van der Waals surface area contributed by atoms with Gasteiger partial charge in [0.2, 0.25) is 0 Å². The second-order valence-electron chi connectivity index (χ2n) is 8.48. The normalized spacial score (nSPS) is 25.7. The van der Waals surface area contributed by atoms with Gasteiger partial charge in [-0.1, -0.05) is 0 Å². The van der Waals surface area contributed by atoms with Crippen LogP contribution in [0.3, 0.4) is 0 Å². The van der Waals surface area contributed by atoms with Crippen LogP contribution >= 0.6 is 0 Å². The van der Waals surface area contributed by atoms with Gasteiger partial charge in [-0.2, -0.15) is 0 Å². The number of hydrogen-bond donors (Lipinski definition) is 0. The number of ether oxygens (including phenoxy) is 1. The van der Waals surface area contributed by atoms with Gasteiger partial charge in [-0.05, 0) is 62.8 Å².